The smallest absolute Gasteiger partial charge is 0.244 e. The quantitative estimate of drug-likeness (QED) is 0.722. The fourth-order valence-electron chi connectivity index (χ4n) is 2.99. The van der Waals surface area contributed by atoms with Gasteiger partial charge in [-0.05, 0) is 50.9 Å². The molecule has 0 radical (unpaired) electrons. The molecule has 1 aliphatic rings. The molecule has 26 heavy (non-hydrogen) atoms. The highest BCUT2D eigenvalue weighted by atomic mass is 35.5. The van der Waals surface area contributed by atoms with Gasteiger partial charge in [-0.25, -0.2) is 12.8 Å². The molecule has 6 nitrogen and oxygen atoms in total. The summed E-state index contributed by atoms with van der Waals surface area (Å²) in [5, 5.41) is 3.31. The third-order valence-corrected chi connectivity index (χ3v) is 6.01. The summed E-state index contributed by atoms with van der Waals surface area (Å²) >= 11 is 0. The molecule has 0 aliphatic carbocycles. The molecule has 1 saturated heterocycles. The van der Waals surface area contributed by atoms with Crippen LogP contribution in [0.25, 0.3) is 0 Å². The van der Waals surface area contributed by atoms with Crippen molar-refractivity contribution in [3.05, 3.63) is 30.1 Å². The minimum atomic E-state index is -4.08. The van der Waals surface area contributed by atoms with Crippen LogP contribution < -0.4 is 10.0 Å². The van der Waals surface area contributed by atoms with E-state index in [4.69, 9.17) is 0 Å². The van der Waals surface area contributed by atoms with Crippen LogP contribution >= 0.6 is 12.4 Å². The third kappa shape index (κ3) is 5.90. The second kappa shape index (κ2) is 10.2. The van der Waals surface area contributed by atoms with Crippen LogP contribution in [0, 0.1) is 11.7 Å². The zero-order valence-corrected chi connectivity index (χ0v) is 16.7. The average molecular weight is 408 g/mol. The highest BCUT2D eigenvalue weighted by Gasteiger charge is 2.29. The van der Waals surface area contributed by atoms with Crippen molar-refractivity contribution in [2.75, 3.05) is 26.2 Å². The van der Waals surface area contributed by atoms with Crippen LogP contribution in [0.1, 0.15) is 26.7 Å². The Labute approximate surface area is 161 Å². The first-order chi connectivity index (χ1) is 11.8. The van der Waals surface area contributed by atoms with Crippen LogP contribution in [0.2, 0.25) is 0 Å². The SMILES string of the molecule is CCNCC1CCN(C(=O)C(C)NS(=O)(=O)c2ccccc2F)CC1.Cl. The Morgan fingerprint density at radius 3 is 2.50 bits per heavy atom. The van der Waals surface area contributed by atoms with Crippen molar-refractivity contribution in [3.63, 3.8) is 0 Å². The number of piperidine rings is 1. The van der Waals surface area contributed by atoms with Crippen LogP contribution in [-0.2, 0) is 14.8 Å². The normalized spacial score (nSPS) is 16.8. The minimum Gasteiger partial charge on any atom is -0.341 e. The van der Waals surface area contributed by atoms with E-state index < -0.39 is 26.8 Å². The van der Waals surface area contributed by atoms with Crippen molar-refractivity contribution in [2.24, 2.45) is 5.92 Å². The summed E-state index contributed by atoms with van der Waals surface area (Å²) < 4.78 is 40.6. The van der Waals surface area contributed by atoms with Crippen LogP contribution in [-0.4, -0.2) is 51.4 Å². The van der Waals surface area contributed by atoms with Crippen LogP contribution in [0.3, 0.4) is 0 Å². The van der Waals surface area contributed by atoms with Gasteiger partial charge >= 0.3 is 0 Å². The number of hydrogen-bond donors (Lipinski definition) is 2. The van der Waals surface area contributed by atoms with Gasteiger partial charge in [-0.1, -0.05) is 19.1 Å². The van der Waals surface area contributed by atoms with Gasteiger partial charge in [-0.2, -0.15) is 4.72 Å². The summed E-state index contributed by atoms with van der Waals surface area (Å²) in [6.07, 6.45) is 1.79. The highest BCUT2D eigenvalue weighted by molar-refractivity contribution is 7.89. The van der Waals surface area contributed by atoms with E-state index in [2.05, 4.69) is 17.0 Å². The Balaban J connectivity index is 0.00000338. The topological polar surface area (TPSA) is 78.5 Å². The molecule has 0 bridgehead atoms. The molecular weight excluding hydrogens is 381 g/mol. The lowest BCUT2D eigenvalue weighted by molar-refractivity contribution is -0.133. The van der Waals surface area contributed by atoms with Crippen LogP contribution in [0.15, 0.2) is 29.2 Å². The summed E-state index contributed by atoms with van der Waals surface area (Å²) in [4.78, 5) is 13.7. The molecule has 2 rings (SSSR count). The Morgan fingerprint density at radius 1 is 1.31 bits per heavy atom. The van der Waals surface area contributed by atoms with Gasteiger partial charge in [-0.3, -0.25) is 4.79 Å². The van der Waals surface area contributed by atoms with Gasteiger partial charge in [0.15, 0.2) is 0 Å². The largest absolute Gasteiger partial charge is 0.341 e. The number of hydrogen-bond acceptors (Lipinski definition) is 4. The molecule has 1 aliphatic heterocycles. The number of amides is 1. The lowest BCUT2D eigenvalue weighted by Crippen LogP contribution is -2.50. The maximum Gasteiger partial charge on any atom is 0.244 e. The first kappa shape index (κ1) is 22.8. The number of nitrogens with zero attached hydrogens (tertiary/aromatic N) is 1. The number of nitrogens with one attached hydrogen (secondary N) is 2. The monoisotopic (exact) mass is 407 g/mol. The van der Waals surface area contributed by atoms with E-state index in [1.54, 1.807) is 4.90 Å². The fraction of sp³-hybridized carbons (Fsp3) is 0.588. The van der Waals surface area contributed by atoms with Gasteiger partial charge in [0.1, 0.15) is 10.7 Å². The van der Waals surface area contributed by atoms with Gasteiger partial charge in [-0.15, -0.1) is 12.4 Å². The molecule has 1 aromatic carbocycles. The molecule has 1 heterocycles. The summed E-state index contributed by atoms with van der Waals surface area (Å²) in [5.41, 5.74) is 0. The van der Waals surface area contributed by atoms with Crippen molar-refractivity contribution < 1.29 is 17.6 Å². The Hall–Kier alpha value is -1.22. The molecular formula is C17H27ClFN3O3S. The Kier molecular flexibility index (Phi) is 8.95. The predicted octanol–water partition coefficient (Wildman–Crippen LogP) is 1.76. The maximum absolute atomic E-state index is 13.7. The first-order valence-corrected chi connectivity index (χ1v) is 10.1. The third-order valence-electron chi connectivity index (χ3n) is 4.44. The van der Waals surface area contributed by atoms with Gasteiger partial charge < -0.3 is 10.2 Å². The Morgan fingerprint density at radius 2 is 1.92 bits per heavy atom. The molecule has 1 atom stereocenters. The fourth-order valence-corrected chi connectivity index (χ4v) is 4.26. The minimum absolute atomic E-state index is 0. The summed E-state index contributed by atoms with van der Waals surface area (Å²) in [6, 6.07) is 4.19. The highest BCUT2D eigenvalue weighted by Crippen LogP contribution is 2.18. The van der Waals surface area contributed by atoms with E-state index in [0.29, 0.717) is 19.0 Å². The van der Waals surface area contributed by atoms with Crippen molar-refractivity contribution in [1.82, 2.24) is 14.9 Å². The molecule has 1 aromatic rings. The van der Waals surface area contributed by atoms with E-state index in [1.807, 2.05) is 0 Å². The first-order valence-electron chi connectivity index (χ1n) is 8.61. The van der Waals surface area contributed by atoms with Crippen molar-refractivity contribution >= 4 is 28.3 Å². The number of rotatable bonds is 7. The predicted molar refractivity (Wildman–Crippen MR) is 101 cm³/mol. The van der Waals surface area contributed by atoms with E-state index >= 15 is 0 Å². The number of carbonyl (C=O) groups is 1. The molecule has 1 amide bonds. The number of carbonyl (C=O) groups excluding carboxylic acids is 1. The van der Waals surface area contributed by atoms with Gasteiger partial charge in [0.25, 0.3) is 0 Å². The van der Waals surface area contributed by atoms with Gasteiger partial charge in [0.05, 0.1) is 6.04 Å². The maximum atomic E-state index is 13.7. The molecule has 1 fully saturated rings. The molecule has 2 N–H and O–H groups in total. The second-order valence-corrected chi connectivity index (χ2v) is 8.03. The zero-order chi connectivity index (χ0) is 18.4. The summed E-state index contributed by atoms with van der Waals surface area (Å²) in [7, 11) is -4.08. The molecule has 9 heteroatoms. The summed E-state index contributed by atoms with van der Waals surface area (Å²) in [6.45, 7) is 6.64. The van der Waals surface area contributed by atoms with E-state index in [1.165, 1.54) is 25.1 Å². The van der Waals surface area contributed by atoms with Crippen molar-refractivity contribution in [2.45, 2.75) is 37.6 Å². The van der Waals surface area contributed by atoms with E-state index in [9.17, 15) is 17.6 Å². The standard InChI is InChI=1S/C17H26FN3O3S.ClH/c1-3-19-12-14-8-10-21(11-9-14)17(22)13(2)20-25(23,24)16-7-5-4-6-15(16)18;/h4-7,13-14,19-20H,3,8-12H2,1-2H3;1H. The molecule has 148 valence electrons. The number of halogens is 2. The number of sulfonamides is 1. The van der Waals surface area contributed by atoms with Gasteiger partial charge in [0.2, 0.25) is 15.9 Å². The average Bonchev–Trinajstić information content (AvgIpc) is 2.59. The zero-order valence-electron chi connectivity index (χ0n) is 15.1. The Bertz CT molecular complexity index is 694. The second-order valence-electron chi connectivity index (χ2n) is 6.35. The van der Waals surface area contributed by atoms with E-state index in [-0.39, 0.29) is 18.3 Å². The molecule has 1 unspecified atom stereocenters. The summed E-state index contributed by atoms with van der Waals surface area (Å²) in [5.74, 6) is -0.574. The van der Waals surface area contributed by atoms with Crippen molar-refractivity contribution in [3.8, 4) is 0 Å². The van der Waals surface area contributed by atoms with Crippen LogP contribution in [0.5, 0.6) is 0 Å². The number of benzene rings is 1. The van der Waals surface area contributed by atoms with Crippen molar-refractivity contribution in [1.29, 1.82) is 0 Å². The lowest BCUT2D eigenvalue weighted by atomic mass is 9.96. The molecule has 0 saturated carbocycles. The van der Waals surface area contributed by atoms with Gasteiger partial charge in [0, 0.05) is 13.1 Å². The molecule has 0 spiro atoms. The number of likely N-dealkylation sites (tertiary alicyclic amines) is 1. The van der Waals surface area contributed by atoms with Crippen LogP contribution in [0.4, 0.5) is 4.39 Å². The lowest BCUT2D eigenvalue weighted by Gasteiger charge is -2.33. The molecule has 0 aromatic heterocycles. The van der Waals surface area contributed by atoms with E-state index in [0.717, 1.165) is 32.0 Å².